The van der Waals surface area contributed by atoms with Crippen LogP contribution in [-0.4, -0.2) is 39.8 Å². The molecule has 1 atom stereocenters. The lowest BCUT2D eigenvalue weighted by atomic mass is 10.1. The number of nitrogens with zero attached hydrogens (tertiary/aromatic N) is 1. The fourth-order valence-electron chi connectivity index (χ4n) is 2.89. The highest BCUT2D eigenvalue weighted by molar-refractivity contribution is 14.1. The van der Waals surface area contributed by atoms with Crippen molar-refractivity contribution in [1.82, 2.24) is 10.1 Å². The third-order valence-corrected chi connectivity index (χ3v) is 6.83. The lowest BCUT2D eigenvalue weighted by Crippen LogP contribution is -2.48. The predicted octanol–water partition coefficient (Wildman–Crippen LogP) is 3.85. The highest BCUT2D eigenvalue weighted by Crippen LogP contribution is 2.33. The number of carbonyl (C=O) groups is 1. The Morgan fingerprint density at radius 3 is 2.33 bits per heavy atom. The molecule has 0 aliphatic carbocycles. The summed E-state index contributed by atoms with van der Waals surface area (Å²) >= 11 is 2.15. The van der Waals surface area contributed by atoms with E-state index in [0.717, 1.165) is 9.13 Å². The SMILES string of the molecule is CCOc1cc(/C=N\NC(=O)[C@@H](NS(=O)(=O)c2ccc(C)cc2)C(C)C)cc(I)c1OCC. The molecule has 2 aromatic carbocycles. The lowest BCUT2D eigenvalue weighted by Gasteiger charge is -2.20. The molecule has 0 radical (unpaired) electrons. The van der Waals surface area contributed by atoms with Gasteiger partial charge < -0.3 is 9.47 Å². The Bertz CT molecular complexity index is 1090. The number of nitrogens with one attached hydrogen (secondary N) is 2. The first-order valence-electron chi connectivity index (χ1n) is 10.6. The first kappa shape index (κ1) is 27.1. The Kier molecular flexibility index (Phi) is 10.1. The number of amides is 1. The number of benzene rings is 2. The van der Waals surface area contributed by atoms with Crippen LogP contribution < -0.4 is 19.6 Å². The zero-order valence-electron chi connectivity index (χ0n) is 19.4. The van der Waals surface area contributed by atoms with E-state index in [1.54, 1.807) is 32.0 Å². The maximum Gasteiger partial charge on any atom is 0.258 e. The zero-order valence-corrected chi connectivity index (χ0v) is 22.4. The first-order valence-corrected chi connectivity index (χ1v) is 13.2. The summed E-state index contributed by atoms with van der Waals surface area (Å²) in [4.78, 5) is 12.8. The van der Waals surface area contributed by atoms with Gasteiger partial charge in [-0.1, -0.05) is 31.5 Å². The van der Waals surface area contributed by atoms with Gasteiger partial charge in [-0.15, -0.1) is 0 Å². The number of hydrazone groups is 1. The fraction of sp³-hybridized carbons (Fsp3) is 0.391. The van der Waals surface area contributed by atoms with Gasteiger partial charge in [-0.05, 0) is 79.1 Å². The molecule has 0 spiro atoms. The summed E-state index contributed by atoms with van der Waals surface area (Å²) in [5.74, 6) is 0.399. The highest BCUT2D eigenvalue weighted by Gasteiger charge is 2.28. The first-order chi connectivity index (χ1) is 15.6. The van der Waals surface area contributed by atoms with Crippen LogP contribution in [0.15, 0.2) is 46.4 Å². The minimum absolute atomic E-state index is 0.0995. The van der Waals surface area contributed by atoms with E-state index in [-0.39, 0.29) is 10.8 Å². The van der Waals surface area contributed by atoms with Crippen molar-refractivity contribution in [2.45, 2.75) is 45.6 Å². The van der Waals surface area contributed by atoms with Crippen LogP contribution in [0.5, 0.6) is 11.5 Å². The molecule has 2 aromatic rings. The van der Waals surface area contributed by atoms with Gasteiger partial charge in [0, 0.05) is 0 Å². The number of sulfonamides is 1. The lowest BCUT2D eigenvalue weighted by molar-refractivity contribution is -0.123. The zero-order chi connectivity index (χ0) is 24.6. The van der Waals surface area contributed by atoms with Crippen molar-refractivity contribution in [2.75, 3.05) is 13.2 Å². The van der Waals surface area contributed by atoms with Crippen LogP contribution in [0.1, 0.15) is 38.8 Å². The van der Waals surface area contributed by atoms with Crippen molar-refractivity contribution < 1.29 is 22.7 Å². The molecule has 33 heavy (non-hydrogen) atoms. The van der Waals surface area contributed by atoms with Gasteiger partial charge in [0.05, 0.1) is 27.9 Å². The summed E-state index contributed by atoms with van der Waals surface area (Å²) in [5.41, 5.74) is 4.08. The summed E-state index contributed by atoms with van der Waals surface area (Å²) in [6.45, 7) is 10.2. The van der Waals surface area contributed by atoms with E-state index < -0.39 is 22.0 Å². The van der Waals surface area contributed by atoms with Crippen LogP contribution in [0, 0.1) is 16.4 Å². The van der Waals surface area contributed by atoms with Gasteiger partial charge >= 0.3 is 0 Å². The van der Waals surface area contributed by atoms with E-state index in [2.05, 4.69) is 37.8 Å². The third kappa shape index (κ3) is 7.68. The van der Waals surface area contributed by atoms with Gasteiger partial charge in [-0.2, -0.15) is 9.82 Å². The molecule has 1 amide bonds. The fourth-order valence-corrected chi connectivity index (χ4v) is 5.02. The van der Waals surface area contributed by atoms with E-state index in [1.165, 1.54) is 18.3 Å². The average Bonchev–Trinajstić information content (AvgIpc) is 2.74. The number of carbonyl (C=O) groups excluding carboxylic acids is 1. The van der Waals surface area contributed by atoms with E-state index in [0.29, 0.717) is 30.3 Å². The number of hydrogen-bond donors (Lipinski definition) is 2. The molecule has 0 fully saturated rings. The smallest absolute Gasteiger partial charge is 0.258 e. The van der Waals surface area contributed by atoms with Gasteiger partial charge in [0.25, 0.3) is 5.91 Å². The van der Waals surface area contributed by atoms with Crippen LogP contribution in [0.25, 0.3) is 0 Å². The third-order valence-electron chi connectivity index (χ3n) is 4.57. The van der Waals surface area contributed by atoms with Crippen molar-refractivity contribution in [1.29, 1.82) is 0 Å². The maximum atomic E-state index is 12.7. The van der Waals surface area contributed by atoms with E-state index >= 15 is 0 Å². The molecule has 0 aliphatic rings. The monoisotopic (exact) mass is 587 g/mol. The highest BCUT2D eigenvalue weighted by atomic mass is 127. The molecule has 0 bridgehead atoms. The van der Waals surface area contributed by atoms with Crippen LogP contribution in [0.4, 0.5) is 0 Å². The molecule has 2 N–H and O–H groups in total. The van der Waals surface area contributed by atoms with Crippen LogP contribution in [0.3, 0.4) is 0 Å². The molecule has 10 heteroatoms. The van der Waals surface area contributed by atoms with Crippen molar-refractivity contribution in [2.24, 2.45) is 11.0 Å². The normalized spacial score (nSPS) is 12.7. The van der Waals surface area contributed by atoms with Crippen LogP contribution >= 0.6 is 22.6 Å². The molecule has 8 nitrogen and oxygen atoms in total. The molecular weight excluding hydrogens is 557 g/mol. The second-order valence-electron chi connectivity index (χ2n) is 7.59. The van der Waals surface area contributed by atoms with Crippen LogP contribution in [-0.2, 0) is 14.8 Å². The minimum Gasteiger partial charge on any atom is -0.490 e. The Balaban J connectivity index is 2.15. The molecule has 0 heterocycles. The molecule has 0 aromatic heterocycles. The van der Waals surface area contributed by atoms with E-state index in [4.69, 9.17) is 9.47 Å². The van der Waals surface area contributed by atoms with Crippen molar-refractivity contribution in [3.8, 4) is 11.5 Å². The molecule has 2 rings (SSSR count). The van der Waals surface area contributed by atoms with Crippen molar-refractivity contribution in [3.63, 3.8) is 0 Å². The number of halogens is 1. The summed E-state index contributed by atoms with van der Waals surface area (Å²) in [7, 11) is -3.87. The largest absolute Gasteiger partial charge is 0.490 e. The van der Waals surface area contributed by atoms with Crippen molar-refractivity contribution >= 4 is 44.7 Å². The van der Waals surface area contributed by atoms with E-state index in [9.17, 15) is 13.2 Å². The second kappa shape index (κ2) is 12.3. The minimum atomic E-state index is -3.87. The number of rotatable bonds is 11. The summed E-state index contributed by atoms with van der Waals surface area (Å²) in [5, 5.41) is 4.02. The maximum absolute atomic E-state index is 12.7. The van der Waals surface area contributed by atoms with Gasteiger partial charge in [0.1, 0.15) is 6.04 Å². The van der Waals surface area contributed by atoms with Gasteiger partial charge in [-0.25, -0.2) is 13.8 Å². The molecule has 0 saturated carbocycles. The van der Waals surface area contributed by atoms with Crippen molar-refractivity contribution in [3.05, 3.63) is 51.1 Å². The summed E-state index contributed by atoms with van der Waals surface area (Å²) < 4.78 is 40.1. The second-order valence-corrected chi connectivity index (χ2v) is 10.5. The molecule has 0 aliphatic heterocycles. The van der Waals surface area contributed by atoms with Gasteiger partial charge in [0.15, 0.2) is 11.5 Å². The Hall–Kier alpha value is -2.18. The Labute approximate surface area is 209 Å². The Morgan fingerprint density at radius 2 is 1.76 bits per heavy atom. The Morgan fingerprint density at radius 1 is 1.12 bits per heavy atom. The number of hydrogen-bond acceptors (Lipinski definition) is 6. The quantitative estimate of drug-likeness (QED) is 0.236. The summed E-state index contributed by atoms with van der Waals surface area (Å²) in [6.07, 6.45) is 1.48. The topological polar surface area (TPSA) is 106 Å². The molecule has 0 saturated heterocycles. The molecule has 0 unspecified atom stereocenters. The number of ether oxygens (including phenoxy) is 2. The van der Waals surface area contributed by atoms with Crippen LogP contribution in [0.2, 0.25) is 0 Å². The average molecular weight is 587 g/mol. The van der Waals surface area contributed by atoms with E-state index in [1.807, 2.05) is 26.8 Å². The molecule has 180 valence electrons. The van der Waals surface area contributed by atoms with Gasteiger partial charge in [0.2, 0.25) is 10.0 Å². The summed E-state index contributed by atoms with van der Waals surface area (Å²) in [6, 6.07) is 9.06. The standard InChI is InChI=1S/C23H30IN3O5S/c1-6-31-20-13-17(12-19(24)22(20)32-7-2)14-25-26-23(28)21(15(3)4)27-33(29,30)18-10-8-16(5)9-11-18/h8-15,21,27H,6-7H2,1-5H3,(H,26,28)/b25-14-/t21-/m0/s1. The van der Waals surface area contributed by atoms with Gasteiger partial charge in [-0.3, -0.25) is 4.79 Å². The predicted molar refractivity (Wildman–Crippen MR) is 137 cm³/mol. The molecular formula is C23H30IN3O5S. The number of aryl methyl sites for hydroxylation is 1.